The lowest BCUT2D eigenvalue weighted by Gasteiger charge is -2.21. The quantitative estimate of drug-likeness (QED) is 0.106. The van der Waals surface area contributed by atoms with E-state index in [1.54, 1.807) is 6.92 Å². The van der Waals surface area contributed by atoms with Crippen LogP contribution in [0.1, 0.15) is 37.3 Å². The van der Waals surface area contributed by atoms with Crippen LogP contribution in [-0.2, 0) is 11.0 Å². The Labute approximate surface area is 286 Å². The summed E-state index contributed by atoms with van der Waals surface area (Å²) in [5.74, 6) is -0.976. The summed E-state index contributed by atoms with van der Waals surface area (Å²) >= 11 is 6.27. The van der Waals surface area contributed by atoms with Gasteiger partial charge in [0.2, 0.25) is 5.91 Å². The monoisotopic (exact) mass is 714 g/mol. The average molecular weight is 715 g/mol. The van der Waals surface area contributed by atoms with Crippen LogP contribution in [0, 0.1) is 5.92 Å². The Balaban J connectivity index is 1.61. The summed E-state index contributed by atoms with van der Waals surface area (Å²) in [4.78, 5) is 30.8. The van der Waals surface area contributed by atoms with E-state index < -0.39 is 41.8 Å². The van der Waals surface area contributed by atoms with Gasteiger partial charge in [-0.3, -0.25) is 14.6 Å². The molecular formula is C33H28ClF5N8O3. The summed E-state index contributed by atoms with van der Waals surface area (Å²) < 4.78 is 76.4. The molecule has 17 heteroatoms. The Bertz CT molecular complexity index is 2120. The Morgan fingerprint density at radius 1 is 1.12 bits per heavy atom. The summed E-state index contributed by atoms with van der Waals surface area (Å²) in [6.07, 6.45) is 2.91. The van der Waals surface area contributed by atoms with Crippen LogP contribution < -0.4 is 15.6 Å². The van der Waals surface area contributed by atoms with Gasteiger partial charge in [0.05, 0.1) is 60.4 Å². The molecule has 0 spiro atoms. The summed E-state index contributed by atoms with van der Waals surface area (Å²) in [5, 5.41) is 13.4. The largest absolute Gasteiger partial charge is 0.495 e. The van der Waals surface area contributed by atoms with E-state index in [0.717, 1.165) is 10.9 Å². The van der Waals surface area contributed by atoms with Crippen LogP contribution in [0.3, 0.4) is 0 Å². The van der Waals surface area contributed by atoms with Gasteiger partial charge in [-0.1, -0.05) is 35.9 Å². The molecule has 5 aromatic rings. The number of nitrogens with one attached hydrogen (secondary N) is 1. The molecule has 1 aromatic carbocycles. The lowest BCUT2D eigenvalue weighted by atomic mass is 10.0. The number of benzene rings is 1. The van der Waals surface area contributed by atoms with Crippen molar-refractivity contribution < 1.29 is 31.5 Å². The summed E-state index contributed by atoms with van der Waals surface area (Å²) in [7, 11) is 1.34. The minimum Gasteiger partial charge on any atom is -0.495 e. The highest BCUT2D eigenvalue weighted by Gasteiger charge is 2.35. The Morgan fingerprint density at radius 3 is 2.52 bits per heavy atom. The van der Waals surface area contributed by atoms with Crippen molar-refractivity contribution in [3.8, 4) is 33.8 Å². The average Bonchev–Trinajstić information content (AvgIpc) is 3.75. The number of anilines is 1. The van der Waals surface area contributed by atoms with Gasteiger partial charge < -0.3 is 14.6 Å². The molecule has 2 atom stereocenters. The number of hydrogen-bond acceptors (Lipinski definition) is 7. The molecule has 5 rings (SSSR count). The second-order valence-electron chi connectivity index (χ2n) is 10.9. The van der Waals surface area contributed by atoms with E-state index in [2.05, 4.69) is 38.9 Å². The number of carbonyl (C=O) groups excluding carboxylic acids is 1. The van der Waals surface area contributed by atoms with Crippen molar-refractivity contribution in [1.29, 1.82) is 0 Å². The molecule has 11 nitrogen and oxygen atoms in total. The van der Waals surface area contributed by atoms with E-state index in [1.165, 1.54) is 72.6 Å². The molecule has 50 heavy (non-hydrogen) atoms. The van der Waals surface area contributed by atoms with Gasteiger partial charge in [0, 0.05) is 34.0 Å². The van der Waals surface area contributed by atoms with Crippen molar-refractivity contribution in [2.24, 2.45) is 5.92 Å². The normalized spacial score (nSPS) is 12.8. The first-order valence-electron chi connectivity index (χ1n) is 14.7. The molecule has 0 fully saturated rings. The van der Waals surface area contributed by atoms with Crippen LogP contribution >= 0.6 is 11.6 Å². The molecule has 0 saturated heterocycles. The number of pyridine rings is 2. The van der Waals surface area contributed by atoms with Gasteiger partial charge in [0.15, 0.2) is 5.69 Å². The fraction of sp³-hybridized carbons (Fsp3) is 0.212. The Hall–Kier alpha value is -5.64. The first kappa shape index (κ1) is 35.7. The predicted octanol–water partition coefficient (Wildman–Crippen LogP) is 7.36. The lowest BCUT2D eigenvalue weighted by molar-refractivity contribution is -0.141. The molecule has 4 heterocycles. The molecule has 0 saturated carbocycles. The number of hydrogen-bond donors (Lipinski definition) is 1. The highest BCUT2D eigenvalue weighted by molar-refractivity contribution is 6.31. The molecule has 260 valence electrons. The van der Waals surface area contributed by atoms with Gasteiger partial charge in [-0.2, -0.15) is 27.1 Å². The van der Waals surface area contributed by atoms with Crippen LogP contribution in [-0.4, -0.2) is 47.3 Å². The highest BCUT2D eigenvalue weighted by Crippen LogP contribution is 2.38. The van der Waals surface area contributed by atoms with Crippen molar-refractivity contribution >= 4 is 23.2 Å². The summed E-state index contributed by atoms with van der Waals surface area (Å²) in [6, 6.07) is 7.63. The number of alkyl halides is 5. The maximum Gasteiger partial charge on any atom is 0.436 e. The number of carbonyl (C=O) groups is 1. The zero-order valence-corrected chi connectivity index (χ0v) is 27.2. The van der Waals surface area contributed by atoms with Crippen LogP contribution in [0.4, 0.5) is 27.6 Å². The molecule has 1 unspecified atom stereocenters. The number of nitrogens with zero attached hydrogens (tertiary/aromatic N) is 7. The maximum atomic E-state index is 14.1. The molecule has 0 radical (unpaired) electrons. The topological polar surface area (TPSA) is 122 Å². The van der Waals surface area contributed by atoms with Crippen LogP contribution in [0.15, 0.2) is 91.3 Å². The summed E-state index contributed by atoms with van der Waals surface area (Å²) in [6.45, 7) is 5.91. The Kier molecular flexibility index (Phi) is 10.3. The number of ether oxygens (including phenoxy) is 1. The lowest BCUT2D eigenvalue weighted by Crippen LogP contribution is -2.25. The van der Waals surface area contributed by atoms with Gasteiger partial charge in [-0.05, 0) is 36.8 Å². The third kappa shape index (κ3) is 7.19. The molecule has 0 aliphatic heterocycles. The van der Waals surface area contributed by atoms with Crippen LogP contribution in [0.5, 0.6) is 5.75 Å². The van der Waals surface area contributed by atoms with Gasteiger partial charge in [-0.15, -0.1) is 18.3 Å². The third-order valence-electron chi connectivity index (χ3n) is 7.67. The highest BCUT2D eigenvalue weighted by atomic mass is 35.5. The van der Waals surface area contributed by atoms with Crippen LogP contribution in [0.2, 0.25) is 5.02 Å². The molecule has 0 aliphatic rings. The van der Waals surface area contributed by atoms with Crippen molar-refractivity contribution in [3.63, 3.8) is 0 Å². The fourth-order valence-electron chi connectivity index (χ4n) is 5.14. The fourth-order valence-corrected chi connectivity index (χ4v) is 5.31. The molecule has 1 N–H and O–H groups in total. The standard InChI is InChI=1S/C33H28ClF5N8O3/c1-5-7-26(23-12-19(10-11-40-23)30-24(15-41-47(30)32(35)36)42-31(49)18(3)6-2)45-16-27(50-4)22(14-29(45)48)21-13-20(34)8-9-25(21)46-17-28(43-44-46)33(37,38)39/h5-6,8-18,26,32H,1-2,7H2,3-4H3,(H,42,49)/t18-,26?/m1/s1. The van der Waals surface area contributed by atoms with Gasteiger partial charge in [0.25, 0.3) is 5.56 Å². The number of amides is 1. The van der Waals surface area contributed by atoms with Gasteiger partial charge >= 0.3 is 12.7 Å². The number of rotatable bonds is 12. The zero-order chi connectivity index (χ0) is 36.3. The molecular weight excluding hydrogens is 687 g/mol. The van der Waals surface area contributed by atoms with E-state index in [0.29, 0.717) is 10.9 Å². The van der Waals surface area contributed by atoms with E-state index in [-0.39, 0.29) is 56.6 Å². The van der Waals surface area contributed by atoms with Gasteiger partial charge in [-0.25, -0.2) is 9.36 Å². The number of aromatic nitrogens is 7. The van der Waals surface area contributed by atoms with Crippen LogP contribution in [0.25, 0.3) is 28.1 Å². The van der Waals surface area contributed by atoms with E-state index in [9.17, 15) is 31.5 Å². The molecule has 4 aromatic heterocycles. The smallest absolute Gasteiger partial charge is 0.436 e. The Morgan fingerprint density at radius 2 is 1.88 bits per heavy atom. The second kappa shape index (κ2) is 14.5. The minimum atomic E-state index is -4.74. The first-order chi connectivity index (χ1) is 23.8. The van der Waals surface area contributed by atoms with E-state index in [4.69, 9.17) is 16.3 Å². The minimum absolute atomic E-state index is 0.0247. The van der Waals surface area contributed by atoms with Crippen molar-refractivity contribution in [2.75, 3.05) is 12.4 Å². The number of allylic oxidation sites excluding steroid dienone is 1. The molecule has 1 amide bonds. The van der Waals surface area contributed by atoms with E-state index >= 15 is 0 Å². The SMILES string of the molecule is C=CCC(c1cc(-c2c(NC(=O)[C@H](C)C=C)cnn2C(F)F)ccn1)n1cc(OC)c(-c2cc(Cl)ccc2-n2cc(C(F)(F)F)nn2)cc1=O. The van der Waals surface area contributed by atoms with Gasteiger partial charge in [0.1, 0.15) is 5.75 Å². The van der Waals surface area contributed by atoms with Crippen molar-refractivity contribution in [2.45, 2.75) is 32.1 Å². The van der Waals surface area contributed by atoms with E-state index in [1.807, 2.05) is 0 Å². The number of methoxy groups -OCH3 is 1. The van der Waals surface area contributed by atoms with Crippen molar-refractivity contribution in [3.05, 3.63) is 113 Å². The summed E-state index contributed by atoms with van der Waals surface area (Å²) in [5.41, 5.74) is -0.852. The molecule has 0 aliphatic carbocycles. The maximum absolute atomic E-state index is 14.1. The second-order valence-corrected chi connectivity index (χ2v) is 11.3. The molecule has 0 bridgehead atoms. The first-order valence-corrected chi connectivity index (χ1v) is 15.1. The zero-order valence-electron chi connectivity index (χ0n) is 26.4. The predicted molar refractivity (Wildman–Crippen MR) is 175 cm³/mol. The van der Waals surface area contributed by atoms with Crippen molar-refractivity contribution in [1.82, 2.24) is 34.3 Å². The number of halogens is 6. The third-order valence-corrected chi connectivity index (χ3v) is 7.91.